The molecule has 2 heterocycles. The molecule has 132 valence electrons. The van der Waals surface area contributed by atoms with Crippen LogP contribution in [0.25, 0.3) is 16.7 Å². The van der Waals surface area contributed by atoms with Crippen LogP contribution in [0.15, 0.2) is 36.4 Å². The van der Waals surface area contributed by atoms with Crippen molar-refractivity contribution >= 4 is 11.0 Å². The smallest absolute Gasteiger partial charge is 0.146 e. The van der Waals surface area contributed by atoms with Crippen LogP contribution in [0.4, 0.5) is 0 Å². The third-order valence-electron chi connectivity index (χ3n) is 6.18. The molecule has 0 spiro atoms. The van der Waals surface area contributed by atoms with E-state index < -0.39 is 0 Å². The maximum absolute atomic E-state index is 10.8. The van der Waals surface area contributed by atoms with Crippen LogP contribution in [0.3, 0.4) is 0 Å². The van der Waals surface area contributed by atoms with Gasteiger partial charge in [0.15, 0.2) is 0 Å². The second-order valence-corrected chi connectivity index (χ2v) is 8.59. The number of benzene rings is 2. The summed E-state index contributed by atoms with van der Waals surface area (Å²) in [5.74, 6) is 0.385. The van der Waals surface area contributed by atoms with Crippen molar-refractivity contribution in [3.63, 3.8) is 0 Å². The Hall–Kier alpha value is -2.36. The number of aryl methyl sites for hydroxylation is 1. The van der Waals surface area contributed by atoms with Gasteiger partial charge in [-0.2, -0.15) is 0 Å². The minimum atomic E-state index is -0.00799. The molecular formula is C21H27N3O. The van der Waals surface area contributed by atoms with Crippen LogP contribution < -0.4 is 0 Å². The van der Waals surface area contributed by atoms with E-state index in [4.69, 9.17) is 0 Å². The third kappa shape index (κ3) is 2.06. The minimum Gasteiger partial charge on any atom is -0.505 e. The van der Waals surface area contributed by atoms with Crippen LogP contribution in [-0.4, -0.2) is 19.2 Å². The Morgan fingerprint density at radius 1 is 0.920 bits per heavy atom. The van der Waals surface area contributed by atoms with Gasteiger partial charge in [0.2, 0.25) is 0 Å². The fourth-order valence-corrected chi connectivity index (χ4v) is 3.39. The zero-order valence-corrected chi connectivity index (χ0v) is 16.0. The van der Waals surface area contributed by atoms with Crippen molar-refractivity contribution in [3.8, 4) is 11.4 Å². The van der Waals surface area contributed by atoms with Crippen LogP contribution in [0, 0.1) is 5.41 Å². The van der Waals surface area contributed by atoms with Crippen molar-refractivity contribution in [1.29, 1.82) is 0 Å². The number of aromatic nitrogens is 3. The summed E-state index contributed by atoms with van der Waals surface area (Å²) in [6.45, 7) is 13.5. The number of para-hydroxylation sites is 2. The van der Waals surface area contributed by atoms with Crippen LogP contribution in [0.5, 0.6) is 5.75 Å². The van der Waals surface area contributed by atoms with E-state index in [0.29, 0.717) is 5.75 Å². The molecule has 0 fully saturated rings. The highest BCUT2D eigenvalue weighted by molar-refractivity contribution is 5.79. The second-order valence-electron chi connectivity index (χ2n) is 8.59. The molecular weight excluding hydrogens is 310 g/mol. The molecule has 25 heavy (non-hydrogen) atoms. The summed E-state index contributed by atoms with van der Waals surface area (Å²) >= 11 is 0. The third-order valence-corrected chi connectivity index (χ3v) is 6.18. The molecule has 0 aliphatic heterocycles. The number of phenolic OH excluding ortho intramolecular Hbond substituents is 1. The molecule has 4 rings (SSSR count). The molecule has 0 unspecified atom stereocenters. The quantitative estimate of drug-likeness (QED) is 0.560. The molecule has 0 saturated carbocycles. The first kappa shape index (κ1) is 16.1. The van der Waals surface area contributed by atoms with Gasteiger partial charge in [-0.25, -0.2) is 0 Å². The van der Waals surface area contributed by atoms with E-state index in [1.165, 1.54) is 16.6 Å². The monoisotopic (exact) mass is 337 g/mol. The summed E-state index contributed by atoms with van der Waals surface area (Å²) in [7, 11) is 0. The Labute approximate surface area is 148 Å². The van der Waals surface area contributed by atoms with Gasteiger partial charge in [0.25, 0.3) is 0 Å². The maximum Gasteiger partial charge on any atom is 0.146 e. The molecule has 0 aliphatic rings. The Morgan fingerprint density at radius 3 is 1.96 bits per heavy atom. The lowest BCUT2D eigenvalue weighted by Gasteiger charge is -2.40. The summed E-state index contributed by atoms with van der Waals surface area (Å²) in [6, 6.07) is 12.6. The second kappa shape index (κ2) is 4.84. The minimum absolute atomic E-state index is 0.00799. The number of rotatable bonds is 3. The van der Waals surface area contributed by atoms with E-state index in [9.17, 15) is 5.11 Å². The van der Waals surface area contributed by atoms with Crippen molar-refractivity contribution < 1.29 is 5.11 Å². The van der Waals surface area contributed by atoms with Crippen molar-refractivity contribution in [3.05, 3.63) is 47.5 Å². The number of hydrogen-bond donors (Lipinski definition) is 1. The van der Waals surface area contributed by atoms with Crippen LogP contribution >= 0.6 is 0 Å². The van der Waals surface area contributed by atoms with Crippen LogP contribution in [0.2, 0.25) is 0 Å². The van der Waals surface area contributed by atoms with Gasteiger partial charge < -0.3 is 5.11 Å². The maximum atomic E-state index is 10.8. The molecule has 0 atom stereocenters. The van der Waals surface area contributed by atoms with E-state index in [1.807, 2.05) is 12.1 Å². The lowest BCUT2D eigenvalue weighted by molar-refractivity contribution is 0.225. The normalized spacial score (nSPS) is 13.5. The number of hydrogen-bond acceptors (Lipinski definition) is 1. The largest absolute Gasteiger partial charge is 0.505 e. The zero-order valence-electron chi connectivity index (χ0n) is 16.0. The number of aromatic hydroxyl groups is 1. The van der Waals surface area contributed by atoms with E-state index in [-0.39, 0.29) is 10.8 Å². The molecule has 4 aromatic rings. The van der Waals surface area contributed by atoms with E-state index in [1.54, 1.807) is 0 Å². The molecule has 0 aliphatic carbocycles. The highest BCUT2D eigenvalue weighted by Crippen LogP contribution is 2.44. The summed E-state index contributed by atoms with van der Waals surface area (Å²) in [4.78, 5) is 2.06. The highest BCUT2D eigenvalue weighted by Gasteiger charge is 2.36. The molecule has 2 aromatic heterocycles. The van der Waals surface area contributed by atoms with Crippen LogP contribution in [-0.2, 0) is 11.8 Å². The summed E-state index contributed by atoms with van der Waals surface area (Å²) < 4.78 is 4.19. The predicted octanol–water partition coefficient (Wildman–Crippen LogP) is 5.01. The number of nitrogens with zero attached hydrogens (tertiary/aromatic N) is 3. The summed E-state index contributed by atoms with van der Waals surface area (Å²) in [5, 5.41) is 10.8. The van der Waals surface area contributed by atoms with Gasteiger partial charge in [0.05, 0.1) is 0 Å². The van der Waals surface area contributed by atoms with Crippen molar-refractivity contribution in [2.45, 2.75) is 53.4 Å². The molecule has 4 nitrogen and oxygen atoms in total. The van der Waals surface area contributed by atoms with Crippen molar-refractivity contribution in [2.75, 3.05) is 0 Å². The fourth-order valence-electron chi connectivity index (χ4n) is 3.39. The lowest BCUT2D eigenvalue weighted by Crippen LogP contribution is -2.34. The fraction of sp³-hybridized carbons (Fsp3) is 0.429. The lowest BCUT2D eigenvalue weighted by atomic mass is 9.65. The average molecular weight is 337 g/mol. The Kier molecular flexibility index (Phi) is 3.12. The Balaban J connectivity index is 1.93. The first-order valence-electron chi connectivity index (χ1n) is 9.04. The van der Waals surface area contributed by atoms with E-state index >= 15 is 0 Å². The Bertz CT molecular complexity index is 1010. The summed E-state index contributed by atoms with van der Waals surface area (Å²) in [5.41, 5.74) is 5.60. The molecule has 0 radical (unpaired) electrons. The molecule has 0 saturated heterocycles. The van der Waals surface area contributed by atoms with Gasteiger partial charge in [-0.15, -0.1) is 14.1 Å². The Morgan fingerprint density at radius 2 is 1.48 bits per heavy atom. The number of fused-ring (bicyclic) bond motifs is 4. The van der Waals surface area contributed by atoms with Gasteiger partial charge in [-0.3, -0.25) is 0 Å². The van der Waals surface area contributed by atoms with Crippen LogP contribution in [0.1, 0.15) is 52.7 Å². The molecule has 2 aromatic carbocycles. The zero-order chi connectivity index (χ0) is 18.1. The molecule has 0 amide bonds. The standard InChI is InChI=1S/C21H27N3O/c1-7-14-12-15(21(5,6)20(2,3)4)13-18(19(14)25)24-22-16-10-8-9-11-17(16)23(22)24/h8-13,25H,7H2,1-6H3. The van der Waals surface area contributed by atoms with E-state index in [2.05, 4.69) is 79.9 Å². The van der Waals surface area contributed by atoms with Gasteiger partial charge in [-0.05, 0) is 46.6 Å². The SMILES string of the molecule is CCc1cc(C(C)(C)C(C)(C)C)cc(-n2n3c4ccccc4n23)c1O. The first-order chi connectivity index (χ1) is 11.7. The highest BCUT2D eigenvalue weighted by atomic mass is 16.3. The molecule has 0 bridgehead atoms. The predicted molar refractivity (Wildman–Crippen MR) is 102 cm³/mol. The van der Waals surface area contributed by atoms with Crippen molar-refractivity contribution in [2.24, 2.45) is 5.41 Å². The molecule has 4 heteroatoms. The average Bonchev–Trinajstić information content (AvgIpc) is 3.20. The molecule has 1 N–H and O–H groups in total. The van der Waals surface area contributed by atoms with Gasteiger partial charge >= 0.3 is 0 Å². The van der Waals surface area contributed by atoms with Crippen molar-refractivity contribution in [1.82, 2.24) is 14.1 Å². The topological polar surface area (TPSA) is 34.0 Å². The number of phenols is 1. The first-order valence-corrected chi connectivity index (χ1v) is 9.04. The van der Waals surface area contributed by atoms with Gasteiger partial charge in [-0.1, -0.05) is 59.7 Å². The summed E-state index contributed by atoms with van der Waals surface area (Å²) in [6.07, 6.45) is 0.813. The van der Waals surface area contributed by atoms with Gasteiger partial charge in [0.1, 0.15) is 22.5 Å². The van der Waals surface area contributed by atoms with E-state index in [0.717, 1.165) is 17.7 Å². The van der Waals surface area contributed by atoms with Gasteiger partial charge in [0, 0.05) is 0 Å².